The lowest BCUT2D eigenvalue weighted by molar-refractivity contribution is 0.509. The number of benzene rings is 1. The van der Waals surface area contributed by atoms with Crippen molar-refractivity contribution >= 4 is 22.0 Å². The Balaban J connectivity index is 2.18. The molecule has 1 aromatic carbocycles. The molecule has 0 aliphatic carbocycles. The van der Waals surface area contributed by atoms with Gasteiger partial charge in [0.15, 0.2) is 17.5 Å². The van der Waals surface area contributed by atoms with Gasteiger partial charge in [0.1, 0.15) is 5.01 Å². The van der Waals surface area contributed by atoms with Crippen LogP contribution in [-0.4, -0.2) is 19.8 Å². The lowest BCUT2D eigenvalue weighted by atomic mass is 10.2. The molecule has 5 nitrogen and oxygen atoms in total. The molecule has 2 heterocycles. The minimum Gasteiger partial charge on any atom is -0.398 e. The zero-order chi connectivity index (χ0) is 14.4. The Kier molecular flexibility index (Phi) is 2.89. The number of rotatable bonds is 2. The maximum atomic E-state index is 13.3. The molecule has 0 unspecified atom stereocenters. The SMILES string of the molecule is CC(C)c1nnc2sc(-c3cc(F)c(F)cc3N)nn12. The first-order chi connectivity index (χ1) is 9.47. The molecule has 0 saturated carbocycles. The molecular formula is C12H11F2N5S. The van der Waals surface area contributed by atoms with E-state index in [0.717, 1.165) is 12.1 Å². The number of nitrogens with zero attached hydrogens (tertiary/aromatic N) is 4. The molecule has 0 bridgehead atoms. The van der Waals surface area contributed by atoms with Crippen LogP contribution >= 0.6 is 11.3 Å². The highest BCUT2D eigenvalue weighted by Gasteiger charge is 2.18. The average molecular weight is 295 g/mol. The van der Waals surface area contributed by atoms with Crippen molar-refractivity contribution in [2.24, 2.45) is 0 Å². The summed E-state index contributed by atoms with van der Waals surface area (Å²) in [7, 11) is 0. The summed E-state index contributed by atoms with van der Waals surface area (Å²) in [6, 6.07) is 2.00. The van der Waals surface area contributed by atoms with E-state index < -0.39 is 11.6 Å². The molecule has 0 aliphatic rings. The monoisotopic (exact) mass is 295 g/mol. The number of halogens is 2. The first kappa shape index (κ1) is 12.9. The van der Waals surface area contributed by atoms with Crippen LogP contribution in [0.4, 0.5) is 14.5 Å². The third-order valence-electron chi connectivity index (χ3n) is 2.85. The van der Waals surface area contributed by atoms with Crippen molar-refractivity contribution in [1.29, 1.82) is 0 Å². The van der Waals surface area contributed by atoms with E-state index in [4.69, 9.17) is 5.73 Å². The van der Waals surface area contributed by atoms with Gasteiger partial charge in [-0.15, -0.1) is 10.2 Å². The Morgan fingerprint density at radius 2 is 1.90 bits per heavy atom. The Bertz CT molecular complexity index is 793. The molecule has 8 heteroatoms. The van der Waals surface area contributed by atoms with Crippen LogP contribution < -0.4 is 5.73 Å². The highest BCUT2D eigenvalue weighted by Crippen LogP contribution is 2.32. The van der Waals surface area contributed by atoms with Gasteiger partial charge >= 0.3 is 0 Å². The Hall–Kier alpha value is -2.09. The van der Waals surface area contributed by atoms with Gasteiger partial charge in [-0.2, -0.15) is 9.61 Å². The van der Waals surface area contributed by atoms with Crippen LogP contribution in [-0.2, 0) is 0 Å². The summed E-state index contributed by atoms with van der Waals surface area (Å²) in [5, 5.41) is 12.9. The van der Waals surface area contributed by atoms with Crippen LogP contribution in [0.1, 0.15) is 25.6 Å². The van der Waals surface area contributed by atoms with Gasteiger partial charge in [0.2, 0.25) is 4.96 Å². The number of anilines is 1. The second kappa shape index (κ2) is 4.48. The number of nitrogen functional groups attached to an aromatic ring is 1. The fraction of sp³-hybridized carbons (Fsp3) is 0.250. The van der Waals surface area contributed by atoms with Crippen LogP contribution in [0.25, 0.3) is 15.5 Å². The third-order valence-corrected chi connectivity index (χ3v) is 3.79. The van der Waals surface area contributed by atoms with Crippen molar-refractivity contribution in [3.63, 3.8) is 0 Å². The van der Waals surface area contributed by atoms with E-state index >= 15 is 0 Å². The zero-order valence-corrected chi connectivity index (χ0v) is 11.6. The number of hydrogen-bond donors (Lipinski definition) is 1. The van der Waals surface area contributed by atoms with Crippen LogP contribution in [0, 0.1) is 11.6 Å². The highest BCUT2D eigenvalue weighted by molar-refractivity contribution is 7.19. The lowest BCUT2D eigenvalue weighted by Gasteiger charge is -2.03. The third kappa shape index (κ3) is 1.92. The summed E-state index contributed by atoms with van der Waals surface area (Å²) < 4.78 is 28.0. The van der Waals surface area contributed by atoms with Gasteiger partial charge in [-0.05, 0) is 6.07 Å². The predicted octanol–water partition coefficient (Wildman–Crippen LogP) is 2.84. The van der Waals surface area contributed by atoms with Crippen molar-refractivity contribution in [2.45, 2.75) is 19.8 Å². The Morgan fingerprint density at radius 3 is 2.60 bits per heavy atom. The Labute approximate surface area is 117 Å². The molecule has 0 radical (unpaired) electrons. The quantitative estimate of drug-likeness (QED) is 0.738. The van der Waals surface area contributed by atoms with Gasteiger partial charge in [-0.25, -0.2) is 8.78 Å². The molecule has 0 spiro atoms. The Morgan fingerprint density at radius 1 is 1.20 bits per heavy atom. The van der Waals surface area contributed by atoms with Gasteiger partial charge in [0.25, 0.3) is 0 Å². The summed E-state index contributed by atoms with van der Waals surface area (Å²) in [5.74, 6) is -1.06. The van der Waals surface area contributed by atoms with Gasteiger partial charge in [0.05, 0.1) is 0 Å². The van der Waals surface area contributed by atoms with E-state index in [-0.39, 0.29) is 11.6 Å². The van der Waals surface area contributed by atoms with Crippen LogP contribution in [0.2, 0.25) is 0 Å². The number of hydrogen-bond acceptors (Lipinski definition) is 5. The minimum absolute atomic E-state index is 0.139. The van der Waals surface area contributed by atoms with E-state index in [2.05, 4.69) is 15.3 Å². The minimum atomic E-state index is -0.975. The summed E-state index contributed by atoms with van der Waals surface area (Å²) in [6.07, 6.45) is 0. The molecule has 0 fully saturated rings. The van der Waals surface area contributed by atoms with Crippen molar-refractivity contribution in [3.8, 4) is 10.6 Å². The van der Waals surface area contributed by atoms with Crippen LogP contribution in [0.5, 0.6) is 0 Å². The molecule has 3 aromatic rings. The van der Waals surface area contributed by atoms with Gasteiger partial charge in [-0.1, -0.05) is 25.2 Å². The largest absolute Gasteiger partial charge is 0.398 e. The zero-order valence-electron chi connectivity index (χ0n) is 10.8. The van der Waals surface area contributed by atoms with Gasteiger partial charge in [0, 0.05) is 23.2 Å². The molecule has 3 rings (SSSR count). The standard InChI is InChI=1S/C12H11F2N5S/c1-5(2)10-16-17-12-19(10)18-11(20-12)6-3-7(13)8(14)4-9(6)15/h3-5H,15H2,1-2H3. The lowest BCUT2D eigenvalue weighted by Crippen LogP contribution is -1.99. The smallest absolute Gasteiger partial charge is 0.234 e. The molecule has 0 aliphatic heterocycles. The summed E-state index contributed by atoms with van der Waals surface area (Å²) in [5.41, 5.74) is 6.22. The van der Waals surface area contributed by atoms with Crippen molar-refractivity contribution < 1.29 is 8.78 Å². The van der Waals surface area contributed by atoms with E-state index in [1.165, 1.54) is 11.3 Å². The average Bonchev–Trinajstić information content (AvgIpc) is 2.92. The van der Waals surface area contributed by atoms with Crippen LogP contribution in [0.3, 0.4) is 0 Å². The molecule has 104 valence electrons. The molecule has 0 saturated heterocycles. The van der Waals surface area contributed by atoms with E-state index in [1.807, 2.05) is 13.8 Å². The highest BCUT2D eigenvalue weighted by atomic mass is 32.1. The van der Waals surface area contributed by atoms with Crippen LogP contribution in [0.15, 0.2) is 12.1 Å². The number of fused-ring (bicyclic) bond motifs is 1. The van der Waals surface area contributed by atoms with Crippen molar-refractivity contribution in [2.75, 3.05) is 5.73 Å². The molecule has 0 atom stereocenters. The predicted molar refractivity (Wildman–Crippen MR) is 72.5 cm³/mol. The van der Waals surface area contributed by atoms with E-state index in [9.17, 15) is 8.78 Å². The number of aromatic nitrogens is 4. The molecular weight excluding hydrogens is 284 g/mol. The summed E-state index contributed by atoms with van der Waals surface area (Å²) in [6.45, 7) is 3.95. The maximum Gasteiger partial charge on any atom is 0.234 e. The molecule has 2 N–H and O–H groups in total. The fourth-order valence-electron chi connectivity index (χ4n) is 1.85. The maximum absolute atomic E-state index is 13.3. The first-order valence-corrected chi connectivity index (χ1v) is 6.76. The van der Waals surface area contributed by atoms with Crippen molar-refractivity contribution in [3.05, 3.63) is 29.6 Å². The summed E-state index contributed by atoms with van der Waals surface area (Å²) >= 11 is 1.23. The van der Waals surface area contributed by atoms with Gasteiger partial charge in [-0.3, -0.25) is 0 Å². The van der Waals surface area contributed by atoms with Gasteiger partial charge < -0.3 is 5.73 Å². The summed E-state index contributed by atoms with van der Waals surface area (Å²) in [4.78, 5) is 0.591. The van der Waals surface area contributed by atoms with E-state index in [0.29, 0.717) is 21.4 Å². The normalized spacial score (nSPS) is 11.7. The second-order valence-corrected chi connectivity index (χ2v) is 5.62. The topological polar surface area (TPSA) is 69.1 Å². The molecule has 0 amide bonds. The first-order valence-electron chi connectivity index (χ1n) is 5.94. The number of nitrogens with two attached hydrogens (primary N) is 1. The fourth-order valence-corrected chi connectivity index (χ4v) is 2.73. The van der Waals surface area contributed by atoms with E-state index in [1.54, 1.807) is 4.52 Å². The van der Waals surface area contributed by atoms with Crippen molar-refractivity contribution in [1.82, 2.24) is 19.8 Å². The molecule has 20 heavy (non-hydrogen) atoms. The second-order valence-electron chi connectivity index (χ2n) is 4.67. The molecule has 2 aromatic heterocycles.